The molecule has 0 aliphatic heterocycles. The number of nitrogens with one attached hydrogen (secondary N) is 1. The molecule has 0 spiro atoms. The summed E-state index contributed by atoms with van der Waals surface area (Å²) >= 11 is 0. The van der Waals surface area contributed by atoms with Crippen molar-refractivity contribution in [2.24, 2.45) is 11.7 Å². The molecule has 3 N–H and O–H groups in total. The van der Waals surface area contributed by atoms with Gasteiger partial charge in [0.25, 0.3) is 11.8 Å². The smallest absolute Gasteiger partial charge is 0.267 e. The van der Waals surface area contributed by atoms with E-state index in [1.807, 2.05) is 6.92 Å². The summed E-state index contributed by atoms with van der Waals surface area (Å²) in [6, 6.07) is 6.78. The molecule has 1 aromatic heterocycles. The molecule has 0 bridgehead atoms. The van der Waals surface area contributed by atoms with Gasteiger partial charge in [0, 0.05) is 6.04 Å². The molecule has 25 heavy (non-hydrogen) atoms. The Morgan fingerprint density at radius 3 is 2.76 bits per heavy atom. The highest BCUT2D eigenvalue weighted by molar-refractivity contribution is 6.00. The first-order chi connectivity index (χ1) is 11.9. The van der Waals surface area contributed by atoms with Crippen LogP contribution in [0, 0.1) is 24.2 Å². The van der Waals surface area contributed by atoms with Gasteiger partial charge in [-0.25, -0.2) is 4.68 Å². The molecule has 2 aromatic rings. The fourth-order valence-corrected chi connectivity index (χ4v) is 2.97. The van der Waals surface area contributed by atoms with Crippen molar-refractivity contribution in [2.45, 2.75) is 32.7 Å². The van der Waals surface area contributed by atoms with Gasteiger partial charge in [0.1, 0.15) is 5.69 Å². The fraction of sp³-hybridized carbons (Fsp3) is 0.333. The van der Waals surface area contributed by atoms with Crippen LogP contribution in [0.2, 0.25) is 0 Å². The van der Waals surface area contributed by atoms with Crippen LogP contribution < -0.4 is 11.1 Å². The molecule has 7 nitrogen and oxygen atoms in total. The summed E-state index contributed by atoms with van der Waals surface area (Å²) in [5, 5.41) is 16.4. The summed E-state index contributed by atoms with van der Waals surface area (Å²) in [7, 11) is 0. The molecular weight excluding hydrogens is 318 g/mol. The van der Waals surface area contributed by atoms with E-state index >= 15 is 0 Å². The molecule has 7 heteroatoms. The second-order valence-corrected chi connectivity index (χ2v) is 6.39. The standard InChI is InChI=1S/C18H19N5O2/c1-10-7-12(9-19)8-14(18(25)22-11(2)13-3-4-13)16(10)23-15(17(20)24)5-6-21-23/h5-8,11,13H,3-4H2,1-2H3,(H2,20,24)(H,22,25)/t11-/m1/s1. The number of primary amides is 1. The molecule has 128 valence electrons. The molecule has 0 radical (unpaired) electrons. The summed E-state index contributed by atoms with van der Waals surface area (Å²) in [5.74, 6) is -0.432. The molecule has 3 rings (SSSR count). The number of carbonyl (C=O) groups excluding carboxylic acids is 2. The molecule has 1 heterocycles. The highest BCUT2D eigenvalue weighted by atomic mass is 16.2. The van der Waals surface area contributed by atoms with Crippen LogP contribution in [0.5, 0.6) is 0 Å². The summed E-state index contributed by atoms with van der Waals surface area (Å²) in [4.78, 5) is 24.5. The van der Waals surface area contributed by atoms with E-state index in [1.165, 1.54) is 23.0 Å². The lowest BCUT2D eigenvalue weighted by Crippen LogP contribution is -2.35. The van der Waals surface area contributed by atoms with Crippen molar-refractivity contribution >= 4 is 11.8 Å². The van der Waals surface area contributed by atoms with Crippen LogP contribution in [0.4, 0.5) is 0 Å². The van der Waals surface area contributed by atoms with E-state index in [0.29, 0.717) is 28.3 Å². The van der Waals surface area contributed by atoms with Crippen molar-refractivity contribution in [2.75, 3.05) is 0 Å². The van der Waals surface area contributed by atoms with Gasteiger partial charge in [0.05, 0.1) is 29.1 Å². The van der Waals surface area contributed by atoms with Gasteiger partial charge in [-0.1, -0.05) is 0 Å². The van der Waals surface area contributed by atoms with Gasteiger partial charge < -0.3 is 11.1 Å². The maximum absolute atomic E-state index is 12.8. The molecule has 1 atom stereocenters. The Morgan fingerprint density at radius 1 is 1.44 bits per heavy atom. The number of aromatic nitrogens is 2. The number of rotatable bonds is 5. The molecule has 1 fully saturated rings. The third kappa shape index (κ3) is 3.24. The van der Waals surface area contributed by atoms with Crippen LogP contribution in [0.1, 0.15) is 51.7 Å². The number of carbonyl (C=O) groups is 2. The van der Waals surface area contributed by atoms with Crippen LogP contribution in [-0.4, -0.2) is 27.6 Å². The number of hydrogen-bond acceptors (Lipinski definition) is 4. The first kappa shape index (κ1) is 16.7. The van der Waals surface area contributed by atoms with Crippen molar-refractivity contribution in [3.8, 4) is 11.8 Å². The molecular formula is C18H19N5O2. The number of amides is 2. The monoisotopic (exact) mass is 337 g/mol. The van der Waals surface area contributed by atoms with Crippen molar-refractivity contribution in [1.29, 1.82) is 5.26 Å². The van der Waals surface area contributed by atoms with Crippen molar-refractivity contribution < 1.29 is 9.59 Å². The quantitative estimate of drug-likeness (QED) is 0.864. The van der Waals surface area contributed by atoms with Crippen LogP contribution in [0.3, 0.4) is 0 Å². The fourth-order valence-electron chi connectivity index (χ4n) is 2.97. The lowest BCUT2D eigenvalue weighted by Gasteiger charge is -2.18. The molecule has 1 aliphatic rings. The Bertz CT molecular complexity index is 889. The molecule has 1 aliphatic carbocycles. The SMILES string of the molecule is Cc1cc(C#N)cc(C(=O)N[C@H](C)C2CC2)c1-n1nccc1C(N)=O. The highest BCUT2D eigenvalue weighted by Crippen LogP contribution is 2.32. The third-order valence-electron chi connectivity index (χ3n) is 4.47. The van der Waals surface area contributed by atoms with Crippen molar-refractivity contribution in [3.63, 3.8) is 0 Å². The van der Waals surface area contributed by atoms with E-state index in [1.54, 1.807) is 13.0 Å². The van der Waals surface area contributed by atoms with Gasteiger partial charge in [-0.05, 0) is 56.4 Å². The second kappa shape index (κ2) is 6.40. The largest absolute Gasteiger partial charge is 0.364 e. The minimum Gasteiger partial charge on any atom is -0.364 e. The van der Waals surface area contributed by atoms with Gasteiger partial charge in [-0.3, -0.25) is 9.59 Å². The zero-order chi connectivity index (χ0) is 18.1. The first-order valence-electron chi connectivity index (χ1n) is 8.12. The number of nitrogens with zero attached hydrogens (tertiary/aromatic N) is 3. The zero-order valence-electron chi connectivity index (χ0n) is 14.1. The molecule has 0 saturated heterocycles. The van der Waals surface area contributed by atoms with Crippen LogP contribution in [0.15, 0.2) is 24.4 Å². The number of aryl methyl sites for hydroxylation is 1. The Kier molecular flexibility index (Phi) is 4.28. The molecule has 1 aromatic carbocycles. The second-order valence-electron chi connectivity index (χ2n) is 6.39. The molecule has 1 saturated carbocycles. The minimum atomic E-state index is -0.640. The van der Waals surface area contributed by atoms with Gasteiger partial charge in [-0.2, -0.15) is 10.4 Å². The third-order valence-corrected chi connectivity index (χ3v) is 4.47. The lowest BCUT2D eigenvalue weighted by molar-refractivity contribution is 0.0933. The number of benzene rings is 1. The van der Waals surface area contributed by atoms with Crippen LogP contribution in [0.25, 0.3) is 5.69 Å². The van der Waals surface area contributed by atoms with E-state index in [0.717, 1.165) is 12.8 Å². The van der Waals surface area contributed by atoms with Crippen LogP contribution in [-0.2, 0) is 0 Å². The Hall–Kier alpha value is -3.14. The number of nitriles is 1. The van der Waals surface area contributed by atoms with Crippen molar-refractivity contribution in [1.82, 2.24) is 15.1 Å². The first-order valence-corrected chi connectivity index (χ1v) is 8.12. The average molecular weight is 337 g/mol. The Morgan fingerprint density at radius 2 is 2.16 bits per heavy atom. The van der Waals surface area contributed by atoms with Crippen LogP contribution >= 0.6 is 0 Å². The summed E-state index contributed by atoms with van der Waals surface area (Å²) in [6.45, 7) is 3.74. The zero-order valence-corrected chi connectivity index (χ0v) is 14.1. The van der Waals surface area contributed by atoms with E-state index in [4.69, 9.17) is 5.73 Å². The molecule has 0 unspecified atom stereocenters. The predicted molar refractivity (Wildman–Crippen MR) is 91.2 cm³/mol. The van der Waals surface area contributed by atoms with Gasteiger partial charge in [0.2, 0.25) is 0 Å². The van der Waals surface area contributed by atoms with E-state index in [2.05, 4.69) is 16.5 Å². The summed E-state index contributed by atoms with van der Waals surface area (Å²) in [6.07, 6.45) is 3.67. The average Bonchev–Trinajstić information content (AvgIpc) is 3.31. The molecule has 2 amide bonds. The minimum absolute atomic E-state index is 0.0552. The summed E-state index contributed by atoms with van der Waals surface area (Å²) in [5.41, 5.74) is 7.38. The topological polar surface area (TPSA) is 114 Å². The van der Waals surface area contributed by atoms with Gasteiger partial charge in [0.15, 0.2) is 0 Å². The van der Waals surface area contributed by atoms with E-state index in [9.17, 15) is 14.9 Å². The normalized spacial score (nSPS) is 14.6. The van der Waals surface area contributed by atoms with E-state index < -0.39 is 5.91 Å². The van der Waals surface area contributed by atoms with Gasteiger partial charge >= 0.3 is 0 Å². The van der Waals surface area contributed by atoms with Crippen molar-refractivity contribution in [3.05, 3.63) is 46.8 Å². The highest BCUT2D eigenvalue weighted by Gasteiger charge is 2.30. The maximum Gasteiger partial charge on any atom is 0.267 e. The Balaban J connectivity index is 2.10. The summed E-state index contributed by atoms with van der Waals surface area (Å²) < 4.78 is 1.36. The van der Waals surface area contributed by atoms with Gasteiger partial charge in [-0.15, -0.1) is 0 Å². The Labute approximate surface area is 145 Å². The number of nitrogens with two attached hydrogens (primary N) is 1. The lowest BCUT2D eigenvalue weighted by atomic mass is 10.0. The predicted octanol–water partition coefficient (Wildman–Crippen LogP) is 1.68. The van der Waals surface area contributed by atoms with E-state index in [-0.39, 0.29) is 17.6 Å². The maximum atomic E-state index is 12.8. The number of hydrogen-bond donors (Lipinski definition) is 2.